The number of nitrogens with two attached hydrogens (primary N) is 1. The van der Waals surface area contributed by atoms with E-state index in [0.29, 0.717) is 5.92 Å². The highest BCUT2D eigenvalue weighted by molar-refractivity contribution is 5.29. The molecule has 17 heavy (non-hydrogen) atoms. The first kappa shape index (κ1) is 12.6. The van der Waals surface area contributed by atoms with Crippen LogP contribution in [0, 0.1) is 18.7 Å². The van der Waals surface area contributed by atoms with Gasteiger partial charge in [-0.3, -0.25) is 0 Å². The van der Waals surface area contributed by atoms with Crippen molar-refractivity contribution >= 4 is 0 Å². The zero-order valence-electron chi connectivity index (χ0n) is 10.6. The largest absolute Gasteiger partial charge is 0.324 e. The van der Waals surface area contributed by atoms with Crippen LogP contribution in [-0.4, -0.2) is 0 Å². The molecule has 1 aliphatic carbocycles. The lowest BCUT2D eigenvalue weighted by atomic mass is 9.86. The van der Waals surface area contributed by atoms with Crippen molar-refractivity contribution in [3.8, 4) is 0 Å². The Balaban J connectivity index is 2.16. The van der Waals surface area contributed by atoms with Crippen LogP contribution in [0.15, 0.2) is 18.2 Å². The maximum Gasteiger partial charge on any atom is 0.123 e. The summed E-state index contributed by atoms with van der Waals surface area (Å²) in [6.45, 7) is 2.02. The van der Waals surface area contributed by atoms with E-state index in [1.165, 1.54) is 44.6 Å². The molecule has 1 unspecified atom stereocenters. The van der Waals surface area contributed by atoms with E-state index in [4.69, 9.17) is 5.73 Å². The van der Waals surface area contributed by atoms with Crippen LogP contribution in [-0.2, 0) is 0 Å². The molecule has 1 aromatic rings. The monoisotopic (exact) mass is 235 g/mol. The quantitative estimate of drug-likeness (QED) is 0.767. The summed E-state index contributed by atoms with van der Waals surface area (Å²) in [7, 11) is 0. The molecule has 94 valence electrons. The highest BCUT2D eigenvalue weighted by atomic mass is 19.1. The summed E-state index contributed by atoms with van der Waals surface area (Å²) in [5, 5.41) is 0. The van der Waals surface area contributed by atoms with Gasteiger partial charge in [0.25, 0.3) is 0 Å². The average molecular weight is 235 g/mol. The van der Waals surface area contributed by atoms with Crippen LogP contribution >= 0.6 is 0 Å². The molecule has 0 aliphatic heterocycles. The van der Waals surface area contributed by atoms with Gasteiger partial charge >= 0.3 is 0 Å². The fourth-order valence-corrected chi connectivity index (χ4v) is 2.89. The Kier molecular flexibility index (Phi) is 4.16. The van der Waals surface area contributed by atoms with Gasteiger partial charge in [-0.05, 0) is 48.9 Å². The van der Waals surface area contributed by atoms with Gasteiger partial charge in [-0.1, -0.05) is 31.7 Å². The molecule has 1 nitrogen and oxygen atoms in total. The molecule has 1 saturated carbocycles. The van der Waals surface area contributed by atoms with E-state index in [2.05, 4.69) is 0 Å². The Morgan fingerprint density at radius 1 is 1.18 bits per heavy atom. The number of rotatable bonds is 2. The maximum absolute atomic E-state index is 13.3. The van der Waals surface area contributed by atoms with E-state index in [-0.39, 0.29) is 11.9 Å². The fourth-order valence-electron chi connectivity index (χ4n) is 2.89. The van der Waals surface area contributed by atoms with Crippen LogP contribution in [0.25, 0.3) is 0 Å². The normalized spacial score (nSPS) is 19.9. The third-order valence-electron chi connectivity index (χ3n) is 4.01. The Hall–Kier alpha value is -0.890. The van der Waals surface area contributed by atoms with Crippen molar-refractivity contribution in [2.24, 2.45) is 11.7 Å². The Labute approximate surface area is 103 Å². The van der Waals surface area contributed by atoms with Crippen molar-refractivity contribution in [2.75, 3.05) is 0 Å². The second kappa shape index (κ2) is 5.63. The molecule has 1 atom stereocenters. The minimum absolute atomic E-state index is 0.00352. The van der Waals surface area contributed by atoms with Gasteiger partial charge in [0.15, 0.2) is 0 Å². The fraction of sp³-hybridized carbons (Fsp3) is 0.600. The van der Waals surface area contributed by atoms with Gasteiger partial charge in [0.2, 0.25) is 0 Å². The van der Waals surface area contributed by atoms with E-state index >= 15 is 0 Å². The molecule has 2 N–H and O–H groups in total. The first-order valence-electron chi connectivity index (χ1n) is 6.70. The molecule has 2 rings (SSSR count). The van der Waals surface area contributed by atoms with E-state index in [9.17, 15) is 4.39 Å². The predicted molar refractivity (Wildman–Crippen MR) is 69.3 cm³/mol. The van der Waals surface area contributed by atoms with Gasteiger partial charge < -0.3 is 5.73 Å². The number of hydrogen-bond donors (Lipinski definition) is 1. The smallest absolute Gasteiger partial charge is 0.123 e. The second-order valence-electron chi connectivity index (χ2n) is 5.28. The molecular formula is C15H22FN. The minimum atomic E-state index is -0.172. The molecule has 0 bridgehead atoms. The summed E-state index contributed by atoms with van der Waals surface area (Å²) < 4.78 is 13.3. The molecule has 0 spiro atoms. The Bertz CT molecular complexity index is 367. The number of benzene rings is 1. The third kappa shape index (κ3) is 3.06. The predicted octanol–water partition coefficient (Wildman–Crippen LogP) is 4.10. The van der Waals surface area contributed by atoms with Gasteiger partial charge in [-0.2, -0.15) is 0 Å². The van der Waals surface area contributed by atoms with Crippen molar-refractivity contribution in [3.63, 3.8) is 0 Å². The molecule has 2 heteroatoms. The van der Waals surface area contributed by atoms with E-state index in [1.807, 2.05) is 13.0 Å². The molecule has 1 aliphatic rings. The van der Waals surface area contributed by atoms with Crippen LogP contribution in [0.1, 0.15) is 55.7 Å². The molecule has 0 radical (unpaired) electrons. The summed E-state index contributed by atoms with van der Waals surface area (Å²) in [6, 6.07) is 4.97. The number of hydrogen-bond acceptors (Lipinski definition) is 1. The van der Waals surface area contributed by atoms with Crippen LogP contribution < -0.4 is 5.73 Å². The van der Waals surface area contributed by atoms with Crippen molar-refractivity contribution in [2.45, 2.75) is 51.5 Å². The van der Waals surface area contributed by atoms with Crippen molar-refractivity contribution in [1.29, 1.82) is 0 Å². The number of aryl methyl sites for hydroxylation is 1. The second-order valence-corrected chi connectivity index (χ2v) is 5.28. The molecule has 1 aromatic carbocycles. The molecule has 0 heterocycles. The summed E-state index contributed by atoms with van der Waals surface area (Å²) in [6.07, 6.45) is 7.57. The summed E-state index contributed by atoms with van der Waals surface area (Å²) >= 11 is 0. The summed E-state index contributed by atoms with van der Waals surface area (Å²) in [5.41, 5.74) is 8.45. The van der Waals surface area contributed by atoms with Crippen LogP contribution in [0.2, 0.25) is 0 Å². The van der Waals surface area contributed by atoms with Crippen LogP contribution in [0.3, 0.4) is 0 Å². The standard InChI is InChI=1S/C15H22FN/c1-11-8-9-13(16)10-14(11)15(17)12-6-4-2-3-5-7-12/h8-10,12,15H,2-7,17H2,1H3. The van der Waals surface area contributed by atoms with E-state index in [0.717, 1.165) is 11.1 Å². The first-order valence-corrected chi connectivity index (χ1v) is 6.70. The molecule has 0 aromatic heterocycles. The summed E-state index contributed by atoms with van der Waals surface area (Å²) in [4.78, 5) is 0. The van der Waals surface area contributed by atoms with Crippen LogP contribution in [0.5, 0.6) is 0 Å². The van der Waals surface area contributed by atoms with Crippen molar-refractivity contribution in [3.05, 3.63) is 35.1 Å². The zero-order chi connectivity index (χ0) is 12.3. The van der Waals surface area contributed by atoms with Gasteiger partial charge in [0.05, 0.1) is 0 Å². The average Bonchev–Trinajstić information content (AvgIpc) is 2.60. The van der Waals surface area contributed by atoms with Gasteiger partial charge in [0.1, 0.15) is 5.82 Å². The lowest BCUT2D eigenvalue weighted by Gasteiger charge is -2.24. The van der Waals surface area contributed by atoms with Gasteiger partial charge in [0, 0.05) is 6.04 Å². The zero-order valence-corrected chi connectivity index (χ0v) is 10.6. The highest BCUT2D eigenvalue weighted by Crippen LogP contribution is 2.33. The lowest BCUT2D eigenvalue weighted by molar-refractivity contribution is 0.380. The third-order valence-corrected chi connectivity index (χ3v) is 4.01. The minimum Gasteiger partial charge on any atom is -0.324 e. The SMILES string of the molecule is Cc1ccc(F)cc1C(N)C1CCCCCC1. The molecule has 0 saturated heterocycles. The maximum atomic E-state index is 13.3. The first-order chi connectivity index (χ1) is 8.18. The van der Waals surface area contributed by atoms with E-state index in [1.54, 1.807) is 6.07 Å². The molecule has 0 amide bonds. The van der Waals surface area contributed by atoms with Gasteiger partial charge in [-0.15, -0.1) is 0 Å². The highest BCUT2D eigenvalue weighted by Gasteiger charge is 2.22. The Morgan fingerprint density at radius 2 is 1.82 bits per heavy atom. The van der Waals surface area contributed by atoms with Crippen molar-refractivity contribution in [1.82, 2.24) is 0 Å². The Morgan fingerprint density at radius 3 is 2.47 bits per heavy atom. The summed E-state index contributed by atoms with van der Waals surface area (Å²) in [5.74, 6) is 0.354. The van der Waals surface area contributed by atoms with E-state index < -0.39 is 0 Å². The topological polar surface area (TPSA) is 26.0 Å². The molecule has 1 fully saturated rings. The van der Waals surface area contributed by atoms with Crippen LogP contribution in [0.4, 0.5) is 4.39 Å². The number of halogens is 1. The lowest BCUT2D eigenvalue weighted by Crippen LogP contribution is -2.22. The molecular weight excluding hydrogens is 213 g/mol. The van der Waals surface area contributed by atoms with Gasteiger partial charge in [-0.25, -0.2) is 4.39 Å². The van der Waals surface area contributed by atoms with Crippen molar-refractivity contribution < 1.29 is 4.39 Å².